The van der Waals surface area contributed by atoms with E-state index in [1.165, 1.54) is 12.8 Å². The van der Waals surface area contributed by atoms with Gasteiger partial charge in [0, 0.05) is 53.4 Å². The monoisotopic (exact) mass is 570 g/mol. The number of halogens is 1. The molecule has 1 N–H and O–H groups in total. The summed E-state index contributed by atoms with van der Waals surface area (Å²) in [6.07, 6.45) is 4.71. The molecule has 0 spiro atoms. The Hall–Kier alpha value is -1.88. The molecule has 8 nitrogen and oxygen atoms in total. The zero-order valence-electron chi connectivity index (χ0n) is 20.0. The molecule has 9 heteroatoms. The number of likely N-dealkylation sites (N-methyl/N-ethyl adjacent to an activating group) is 1. The van der Waals surface area contributed by atoms with E-state index < -0.39 is 0 Å². The zero-order valence-corrected chi connectivity index (χ0v) is 22.4. The minimum absolute atomic E-state index is 0. The second-order valence-corrected chi connectivity index (χ2v) is 8.83. The van der Waals surface area contributed by atoms with Gasteiger partial charge in [0.15, 0.2) is 5.96 Å². The smallest absolute Gasteiger partial charge is 0.241 e. The van der Waals surface area contributed by atoms with Gasteiger partial charge in [0.25, 0.3) is 0 Å². The number of guanidine groups is 1. The third kappa shape index (κ3) is 9.11. The predicted molar refractivity (Wildman–Crippen MR) is 143 cm³/mol. The normalized spacial score (nSPS) is 17.7. The fraction of sp³-hybridized carbons (Fsp3) is 0.625. The van der Waals surface area contributed by atoms with Crippen LogP contribution in [0, 0.1) is 0 Å². The van der Waals surface area contributed by atoms with E-state index in [-0.39, 0.29) is 42.3 Å². The van der Waals surface area contributed by atoms with Crippen LogP contribution in [-0.4, -0.2) is 104 Å². The number of nitrogens with one attached hydrogen (secondary N) is 1. The van der Waals surface area contributed by atoms with Crippen LogP contribution in [0.5, 0.6) is 0 Å². The molecule has 1 aromatic carbocycles. The molecule has 0 aromatic heterocycles. The van der Waals surface area contributed by atoms with Crippen molar-refractivity contribution in [1.82, 2.24) is 24.9 Å². The summed E-state index contributed by atoms with van der Waals surface area (Å²) in [4.78, 5) is 37.7. The van der Waals surface area contributed by atoms with Crippen LogP contribution < -0.4 is 5.32 Å². The second kappa shape index (κ2) is 14.4. The van der Waals surface area contributed by atoms with Gasteiger partial charge in [-0.25, -0.2) is 4.99 Å². The summed E-state index contributed by atoms with van der Waals surface area (Å²) in [6.45, 7) is 6.27. The number of piperazine rings is 1. The molecule has 3 rings (SSSR count). The molecule has 2 fully saturated rings. The molecule has 0 aliphatic carbocycles. The van der Waals surface area contributed by atoms with E-state index in [1.54, 1.807) is 19.0 Å². The van der Waals surface area contributed by atoms with Crippen molar-refractivity contribution in [3.05, 3.63) is 35.9 Å². The summed E-state index contributed by atoms with van der Waals surface area (Å²) >= 11 is 0. The molecule has 2 aliphatic heterocycles. The summed E-state index contributed by atoms with van der Waals surface area (Å²) < 4.78 is 0. The minimum Gasteiger partial charge on any atom is -0.347 e. The van der Waals surface area contributed by atoms with Crippen molar-refractivity contribution >= 4 is 41.8 Å². The molecule has 184 valence electrons. The maximum Gasteiger partial charge on any atom is 0.241 e. The van der Waals surface area contributed by atoms with Crippen molar-refractivity contribution in [2.45, 2.75) is 32.2 Å². The number of benzene rings is 1. The average Bonchev–Trinajstić information content (AvgIpc) is 3.10. The fourth-order valence-electron chi connectivity index (χ4n) is 4.06. The average molecular weight is 571 g/mol. The molecule has 0 radical (unpaired) electrons. The number of carbonyl (C=O) groups is 2. The van der Waals surface area contributed by atoms with Gasteiger partial charge in [-0.05, 0) is 18.4 Å². The molecule has 2 amide bonds. The number of amides is 2. The Morgan fingerprint density at radius 3 is 2.15 bits per heavy atom. The van der Waals surface area contributed by atoms with Crippen molar-refractivity contribution < 1.29 is 9.59 Å². The van der Waals surface area contributed by atoms with Crippen LogP contribution in [-0.2, 0) is 16.1 Å². The topological polar surface area (TPSA) is 71.5 Å². The van der Waals surface area contributed by atoms with Gasteiger partial charge in [-0.1, -0.05) is 43.2 Å². The molecule has 0 unspecified atom stereocenters. The van der Waals surface area contributed by atoms with Crippen molar-refractivity contribution in [3.63, 3.8) is 0 Å². The largest absolute Gasteiger partial charge is 0.347 e. The quantitative estimate of drug-likeness (QED) is 0.322. The van der Waals surface area contributed by atoms with Gasteiger partial charge in [0.1, 0.15) is 0 Å². The molecule has 0 saturated carbocycles. The Labute approximate surface area is 215 Å². The van der Waals surface area contributed by atoms with Crippen molar-refractivity contribution in [3.8, 4) is 0 Å². The van der Waals surface area contributed by atoms with Gasteiger partial charge in [-0.3, -0.25) is 14.5 Å². The van der Waals surface area contributed by atoms with Crippen LogP contribution in [0.4, 0.5) is 0 Å². The van der Waals surface area contributed by atoms with Crippen molar-refractivity contribution in [1.29, 1.82) is 0 Å². The van der Waals surface area contributed by atoms with Gasteiger partial charge < -0.3 is 20.0 Å². The Bertz CT molecular complexity index is 757. The van der Waals surface area contributed by atoms with Crippen LogP contribution in [0.25, 0.3) is 0 Å². The maximum atomic E-state index is 12.7. The van der Waals surface area contributed by atoms with E-state index in [1.807, 2.05) is 23.1 Å². The highest BCUT2D eigenvalue weighted by Crippen LogP contribution is 2.11. The number of hydrogen-bond acceptors (Lipinski definition) is 4. The third-order valence-corrected chi connectivity index (χ3v) is 6.14. The molecule has 1 aromatic rings. The highest BCUT2D eigenvalue weighted by Gasteiger charge is 2.24. The fourth-order valence-corrected chi connectivity index (χ4v) is 4.06. The first-order valence-electron chi connectivity index (χ1n) is 11.8. The van der Waals surface area contributed by atoms with Crippen LogP contribution in [0.15, 0.2) is 35.3 Å². The van der Waals surface area contributed by atoms with Gasteiger partial charge in [0.05, 0.1) is 19.6 Å². The number of likely N-dealkylation sites (tertiary alicyclic amines) is 1. The summed E-state index contributed by atoms with van der Waals surface area (Å²) in [7, 11) is 3.51. The second-order valence-electron chi connectivity index (χ2n) is 8.83. The molecule has 2 heterocycles. The van der Waals surface area contributed by atoms with E-state index in [2.05, 4.69) is 27.2 Å². The van der Waals surface area contributed by atoms with E-state index in [0.717, 1.165) is 63.6 Å². The van der Waals surface area contributed by atoms with Gasteiger partial charge in [0.2, 0.25) is 11.8 Å². The van der Waals surface area contributed by atoms with E-state index in [9.17, 15) is 9.59 Å². The zero-order chi connectivity index (χ0) is 22.8. The Morgan fingerprint density at radius 1 is 0.909 bits per heavy atom. The van der Waals surface area contributed by atoms with Crippen LogP contribution in [0.2, 0.25) is 0 Å². The number of carbonyl (C=O) groups excluding carboxylic acids is 2. The van der Waals surface area contributed by atoms with E-state index in [4.69, 9.17) is 4.99 Å². The predicted octanol–water partition coefficient (Wildman–Crippen LogP) is 1.86. The highest BCUT2D eigenvalue weighted by atomic mass is 127. The van der Waals surface area contributed by atoms with E-state index >= 15 is 0 Å². The number of aliphatic imine (C=N–C) groups is 1. The minimum atomic E-state index is 0. The van der Waals surface area contributed by atoms with Gasteiger partial charge in [-0.2, -0.15) is 0 Å². The number of rotatable bonds is 6. The summed E-state index contributed by atoms with van der Waals surface area (Å²) in [5.41, 5.74) is 1.13. The first kappa shape index (κ1) is 27.4. The van der Waals surface area contributed by atoms with Crippen molar-refractivity contribution in [2.75, 3.05) is 66.5 Å². The van der Waals surface area contributed by atoms with Crippen LogP contribution >= 0.6 is 24.0 Å². The first-order valence-corrected chi connectivity index (χ1v) is 11.8. The van der Waals surface area contributed by atoms with Gasteiger partial charge in [-0.15, -0.1) is 24.0 Å². The molecule has 0 bridgehead atoms. The molecular weight excluding hydrogens is 531 g/mol. The maximum absolute atomic E-state index is 12.7. The van der Waals surface area contributed by atoms with Gasteiger partial charge >= 0.3 is 0 Å². The van der Waals surface area contributed by atoms with Crippen LogP contribution in [0.3, 0.4) is 0 Å². The van der Waals surface area contributed by atoms with Crippen LogP contribution in [0.1, 0.15) is 31.2 Å². The molecule has 2 saturated heterocycles. The first-order chi connectivity index (χ1) is 15.5. The Kier molecular flexibility index (Phi) is 11.9. The Morgan fingerprint density at radius 2 is 1.55 bits per heavy atom. The molecule has 0 atom stereocenters. The van der Waals surface area contributed by atoms with Crippen molar-refractivity contribution in [2.24, 2.45) is 4.99 Å². The lowest BCUT2D eigenvalue weighted by Crippen LogP contribution is -2.55. The van der Waals surface area contributed by atoms with E-state index in [0.29, 0.717) is 13.1 Å². The highest BCUT2D eigenvalue weighted by molar-refractivity contribution is 14.0. The number of nitrogens with zero attached hydrogens (tertiary/aromatic N) is 5. The molecule has 33 heavy (non-hydrogen) atoms. The molecular formula is C24H39IN6O2. The summed E-state index contributed by atoms with van der Waals surface area (Å²) in [5, 5.41) is 3.25. The summed E-state index contributed by atoms with van der Waals surface area (Å²) in [5.74, 6) is 1.02. The lowest BCUT2D eigenvalue weighted by atomic mass is 10.2. The third-order valence-electron chi connectivity index (χ3n) is 6.14. The molecule has 2 aliphatic rings. The number of hydrogen-bond donors (Lipinski definition) is 1. The Balaban J connectivity index is 0.00000385. The lowest BCUT2D eigenvalue weighted by Gasteiger charge is -2.37. The lowest BCUT2D eigenvalue weighted by molar-refractivity contribution is -0.132. The summed E-state index contributed by atoms with van der Waals surface area (Å²) in [6, 6.07) is 10.1. The standard InChI is InChI=1S/C24H38N6O2.HI/c1-27(2)22(31)19-26-24(25-18-21-10-6-5-7-11-21)30-16-14-28(15-17-30)20-23(32)29-12-8-3-4-9-13-29;/h5-7,10-11H,3-4,8-9,12-20H2,1-2H3,(H,25,26);1H. The SMILES string of the molecule is CN(C)C(=O)CNC(=NCc1ccccc1)N1CCN(CC(=O)N2CCCCCC2)CC1.I.